The molecule has 0 saturated carbocycles. The summed E-state index contributed by atoms with van der Waals surface area (Å²) >= 11 is 5.49. The van der Waals surface area contributed by atoms with Crippen molar-refractivity contribution in [3.8, 4) is 5.75 Å². The van der Waals surface area contributed by atoms with Gasteiger partial charge in [0.15, 0.2) is 5.11 Å². The summed E-state index contributed by atoms with van der Waals surface area (Å²) in [5.74, 6) is 0.994. The molecule has 0 spiro atoms. The molecule has 1 aliphatic rings. The molecule has 0 radical (unpaired) electrons. The van der Waals surface area contributed by atoms with Gasteiger partial charge in [-0.15, -0.1) is 0 Å². The highest BCUT2D eigenvalue weighted by atomic mass is 32.1. The van der Waals surface area contributed by atoms with Crippen LogP contribution in [0.2, 0.25) is 0 Å². The van der Waals surface area contributed by atoms with Crippen LogP contribution in [0.15, 0.2) is 24.3 Å². The fraction of sp³-hybridized carbons (Fsp3) is 0.529. The highest BCUT2D eigenvalue weighted by molar-refractivity contribution is 7.80. The van der Waals surface area contributed by atoms with Crippen LogP contribution in [-0.2, 0) is 11.3 Å². The lowest BCUT2D eigenvalue weighted by Crippen LogP contribution is -2.53. The zero-order chi connectivity index (χ0) is 17.5. The molecule has 0 aromatic heterocycles. The molecule has 1 aromatic carbocycles. The van der Waals surface area contributed by atoms with Crippen molar-refractivity contribution in [2.45, 2.75) is 6.54 Å². The van der Waals surface area contributed by atoms with Crippen LogP contribution in [0.3, 0.4) is 0 Å². The molecule has 1 aromatic rings. The van der Waals surface area contributed by atoms with E-state index >= 15 is 0 Å². The minimum absolute atomic E-state index is 0.142. The normalized spacial score (nSPS) is 15.0. The Morgan fingerprint density at radius 3 is 2.38 bits per heavy atom. The Morgan fingerprint density at radius 2 is 1.83 bits per heavy atom. The van der Waals surface area contributed by atoms with Gasteiger partial charge in [-0.05, 0) is 29.9 Å². The van der Waals surface area contributed by atoms with Gasteiger partial charge in [0.05, 0.1) is 13.7 Å². The molecule has 7 heteroatoms. The molecule has 1 heterocycles. The Hall–Kier alpha value is -1.86. The van der Waals surface area contributed by atoms with E-state index in [0.717, 1.165) is 42.6 Å². The first-order valence-electron chi connectivity index (χ1n) is 8.08. The van der Waals surface area contributed by atoms with Crippen molar-refractivity contribution in [1.82, 2.24) is 20.0 Å². The first kappa shape index (κ1) is 18.5. The SMILES string of the molecule is COc1ccc(CNC(=S)N2CCN(CC(=O)N(C)C)CC2)cc1. The van der Waals surface area contributed by atoms with Crippen LogP contribution >= 0.6 is 12.2 Å². The molecule has 0 bridgehead atoms. The van der Waals surface area contributed by atoms with E-state index in [4.69, 9.17) is 17.0 Å². The molecular formula is C17H26N4O2S. The minimum Gasteiger partial charge on any atom is -0.497 e. The average molecular weight is 350 g/mol. The van der Waals surface area contributed by atoms with Gasteiger partial charge in [-0.2, -0.15) is 0 Å². The number of nitrogens with zero attached hydrogens (tertiary/aromatic N) is 3. The Morgan fingerprint density at radius 1 is 1.21 bits per heavy atom. The highest BCUT2D eigenvalue weighted by Crippen LogP contribution is 2.11. The van der Waals surface area contributed by atoms with Gasteiger partial charge >= 0.3 is 0 Å². The van der Waals surface area contributed by atoms with Crippen LogP contribution < -0.4 is 10.1 Å². The van der Waals surface area contributed by atoms with Crippen molar-refractivity contribution in [3.63, 3.8) is 0 Å². The largest absolute Gasteiger partial charge is 0.497 e. The number of ether oxygens (including phenoxy) is 1. The number of thiocarbonyl (C=S) groups is 1. The second-order valence-electron chi connectivity index (χ2n) is 6.06. The zero-order valence-corrected chi connectivity index (χ0v) is 15.4. The van der Waals surface area contributed by atoms with Gasteiger partial charge in [0.1, 0.15) is 5.75 Å². The van der Waals surface area contributed by atoms with E-state index in [1.807, 2.05) is 24.3 Å². The number of hydrogen-bond acceptors (Lipinski definition) is 4. The monoisotopic (exact) mass is 350 g/mol. The van der Waals surface area contributed by atoms with E-state index < -0.39 is 0 Å². The Labute approximate surface area is 149 Å². The van der Waals surface area contributed by atoms with E-state index in [1.165, 1.54) is 0 Å². The summed E-state index contributed by atoms with van der Waals surface area (Å²) in [6.45, 7) is 4.56. The van der Waals surface area contributed by atoms with Crippen LogP contribution in [0, 0.1) is 0 Å². The molecule has 6 nitrogen and oxygen atoms in total. The smallest absolute Gasteiger partial charge is 0.236 e. The second kappa shape index (κ2) is 8.84. The van der Waals surface area contributed by atoms with Gasteiger partial charge in [-0.25, -0.2) is 0 Å². The van der Waals surface area contributed by atoms with Gasteiger partial charge in [0, 0.05) is 46.8 Å². The number of amides is 1. The maximum Gasteiger partial charge on any atom is 0.236 e. The summed E-state index contributed by atoms with van der Waals surface area (Å²) in [6.07, 6.45) is 0. The summed E-state index contributed by atoms with van der Waals surface area (Å²) in [6, 6.07) is 7.94. The molecule has 0 unspecified atom stereocenters. The zero-order valence-electron chi connectivity index (χ0n) is 14.6. The van der Waals surface area contributed by atoms with Crippen LogP contribution in [-0.4, -0.2) is 79.6 Å². The third-order valence-electron chi connectivity index (χ3n) is 4.12. The van der Waals surface area contributed by atoms with E-state index in [9.17, 15) is 4.79 Å². The summed E-state index contributed by atoms with van der Waals surface area (Å²) in [5, 5.41) is 4.07. The van der Waals surface area contributed by atoms with Crippen LogP contribution in [0.4, 0.5) is 0 Å². The quantitative estimate of drug-likeness (QED) is 0.792. The number of nitrogens with one attached hydrogen (secondary N) is 1. The number of likely N-dealkylation sites (N-methyl/N-ethyl adjacent to an activating group) is 1. The third-order valence-corrected chi connectivity index (χ3v) is 4.52. The number of carbonyl (C=O) groups excluding carboxylic acids is 1. The van der Waals surface area contributed by atoms with Crippen LogP contribution in [0.5, 0.6) is 5.75 Å². The third kappa shape index (κ3) is 5.35. The first-order chi connectivity index (χ1) is 11.5. The van der Waals surface area contributed by atoms with Crippen LogP contribution in [0.25, 0.3) is 0 Å². The second-order valence-corrected chi connectivity index (χ2v) is 6.44. The topological polar surface area (TPSA) is 48.1 Å². The summed E-state index contributed by atoms with van der Waals surface area (Å²) in [4.78, 5) is 17.7. The standard InChI is InChI=1S/C17H26N4O2S/c1-19(2)16(22)13-20-8-10-21(11-9-20)17(24)18-12-14-4-6-15(23-3)7-5-14/h4-7H,8-13H2,1-3H3,(H,18,24). The van der Waals surface area contributed by atoms with Crippen LogP contribution in [0.1, 0.15) is 5.56 Å². The lowest BCUT2D eigenvalue weighted by molar-refractivity contribution is -0.130. The van der Waals surface area contributed by atoms with E-state index in [-0.39, 0.29) is 5.91 Å². The summed E-state index contributed by atoms with van der Waals surface area (Å²) in [5.41, 5.74) is 1.16. The summed E-state index contributed by atoms with van der Waals surface area (Å²) < 4.78 is 5.16. The van der Waals surface area contributed by atoms with Crippen molar-refractivity contribution >= 4 is 23.2 Å². The fourth-order valence-electron chi connectivity index (χ4n) is 2.47. The molecular weight excluding hydrogens is 324 g/mol. The number of methoxy groups -OCH3 is 1. The molecule has 132 valence electrons. The van der Waals surface area contributed by atoms with Gasteiger partial charge in [0.25, 0.3) is 0 Å². The number of carbonyl (C=O) groups is 1. The van der Waals surface area contributed by atoms with Gasteiger partial charge in [-0.3, -0.25) is 9.69 Å². The van der Waals surface area contributed by atoms with Crippen molar-refractivity contribution in [2.24, 2.45) is 0 Å². The van der Waals surface area contributed by atoms with Gasteiger partial charge in [0.2, 0.25) is 5.91 Å². The number of benzene rings is 1. The number of hydrogen-bond donors (Lipinski definition) is 1. The van der Waals surface area contributed by atoms with E-state index in [1.54, 1.807) is 26.1 Å². The lowest BCUT2D eigenvalue weighted by Gasteiger charge is -2.36. The van der Waals surface area contributed by atoms with Crippen molar-refractivity contribution in [1.29, 1.82) is 0 Å². The molecule has 1 aliphatic heterocycles. The van der Waals surface area contributed by atoms with Crippen molar-refractivity contribution in [3.05, 3.63) is 29.8 Å². The Kier molecular flexibility index (Phi) is 6.81. The predicted octanol–water partition coefficient (Wildman–Crippen LogP) is 0.776. The van der Waals surface area contributed by atoms with Crippen molar-refractivity contribution in [2.75, 3.05) is 53.9 Å². The first-order valence-corrected chi connectivity index (χ1v) is 8.48. The molecule has 24 heavy (non-hydrogen) atoms. The maximum atomic E-state index is 11.8. The lowest BCUT2D eigenvalue weighted by atomic mass is 10.2. The minimum atomic E-state index is 0.142. The van der Waals surface area contributed by atoms with E-state index in [0.29, 0.717) is 13.1 Å². The summed E-state index contributed by atoms with van der Waals surface area (Å²) in [7, 11) is 5.24. The number of rotatable bonds is 5. The molecule has 2 rings (SSSR count). The molecule has 0 atom stereocenters. The average Bonchev–Trinajstić information content (AvgIpc) is 2.60. The van der Waals surface area contributed by atoms with Gasteiger partial charge < -0.3 is 19.9 Å². The Bertz CT molecular complexity index is 554. The molecule has 1 fully saturated rings. The van der Waals surface area contributed by atoms with Crippen molar-refractivity contribution < 1.29 is 9.53 Å². The molecule has 1 amide bonds. The van der Waals surface area contributed by atoms with E-state index in [2.05, 4.69) is 15.1 Å². The molecule has 0 aliphatic carbocycles. The number of piperazine rings is 1. The maximum absolute atomic E-state index is 11.8. The highest BCUT2D eigenvalue weighted by Gasteiger charge is 2.20. The Balaban J connectivity index is 1.73. The molecule has 1 N–H and O–H groups in total. The fourth-order valence-corrected chi connectivity index (χ4v) is 2.73. The molecule has 1 saturated heterocycles. The van der Waals surface area contributed by atoms with Gasteiger partial charge in [-0.1, -0.05) is 12.1 Å². The predicted molar refractivity (Wildman–Crippen MR) is 99.1 cm³/mol.